The molecule has 2 atom stereocenters. The third-order valence-corrected chi connectivity index (χ3v) is 5.07. The summed E-state index contributed by atoms with van der Waals surface area (Å²) in [4.78, 5) is 0. The molecule has 24 heavy (non-hydrogen) atoms. The van der Waals surface area contributed by atoms with Gasteiger partial charge in [0, 0.05) is 5.92 Å². The molecule has 0 aliphatic heterocycles. The molecule has 0 radical (unpaired) electrons. The summed E-state index contributed by atoms with van der Waals surface area (Å²) in [5.41, 5.74) is 5.70. The molecule has 0 aromatic heterocycles. The van der Waals surface area contributed by atoms with Crippen molar-refractivity contribution in [1.29, 1.82) is 0 Å². The number of benzene rings is 3. The summed E-state index contributed by atoms with van der Waals surface area (Å²) in [7, 11) is 0. The molecule has 1 aliphatic carbocycles. The van der Waals surface area contributed by atoms with E-state index in [1.54, 1.807) is 0 Å². The van der Waals surface area contributed by atoms with Crippen molar-refractivity contribution in [2.24, 2.45) is 0 Å². The number of hydrogen-bond acceptors (Lipinski definition) is 0. The van der Waals surface area contributed by atoms with Gasteiger partial charge < -0.3 is 0 Å². The maximum absolute atomic E-state index is 2.45. The summed E-state index contributed by atoms with van der Waals surface area (Å²) < 4.78 is 0. The Bertz CT molecular complexity index is 800. The molecule has 0 nitrogen and oxygen atoms in total. The fraction of sp³-hybridized carbons (Fsp3) is 0.167. The van der Waals surface area contributed by atoms with Crippen molar-refractivity contribution >= 4 is 5.57 Å². The highest BCUT2D eigenvalue weighted by atomic mass is 14.3. The Morgan fingerprint density at radius 2 is 1.12 bits per heavy atom. The molecule has 0 heterocycles. The van der Waals surface area contributed by atoms with E-state index in [2.05, 4.69) is 97.1 Å². The Labute approximate surface area is 144 Å². The van der Waals surface area contributed by atoms with Crippen LogP contribution in [0, 0.1) is 0 Å². The average Bonchev–Trinajstić information content (AvgIpc) is 2.69. The summed E-state index contributed by atoms with van der Waals surface area (Å²) in [6.07, 6.45) is 4.81. The van der Waals surface area contributed by atoms with E-state index >= 15 is 0 Å². The summed E-state index contributed by atoms with van der Waals surface area (Å²) in [6.45, 7) is 0. The van der Waals surface area contributed by atoms with Gasteiger partial charge in [0.2, 0.25) is 0 Å². The first-order valence-electron chi connectivity index (χ1n) is 8.79. The van der Waals surface area contributed by atoms with Gasteiger partial charge >= 0.3 is 0 Å². The van der Waals surface area contributed by atoms with Crippen LogP contribution in [0.15, 0.2) is 97.1 Å². The fourth-order valence-electron chi connectivity index (χ4n) is 3.99. The molecule has 0 amide bonds. The minimum atomic E-state index is 0.421. The highest BCUT2D eigenvalue weighted by Gasteiger charge is 2.30. The second-order valence-corrected chi connectivity index (χ2v) is 6.51. The monoisotopic (exact) mass is 310 g/mol. The zero-order valence-corrected chi connectivity index (χ0v) is 13.8. The Morgan fingerprint density at radius 3 is 1.75 bits per heavy atom. The summed E-state index contributed by atoms with van der Waals surface area (Å²) >= 11 is 0. The van der Waals surface area contributed by atoms with Crippen molar-refractivity contribution in [2.45, 2.75) is 24.7 Å². The van der Waals surface area contributed by atoms with Crippen molar-refractivity contribution in [3.8, 4) is 0 Å². The van der Waals surface area contributed by atoms with Crippen LogP contribution >= 0.6 is 0 Å². The molecular formula is C24H22. The number of hydrogen-bond donors (Lipinski definition) is 0. The second kappa shape index (κ2) is 6.88. The first-order chi connectivity index (χ1) is 11.9. The van der Waals surface area contributed by atoms with Crippen LogP contribution in [0.5, 0.6) is 0 Å². The van der Waals surface area contributed by atoms with Crippen LogP contribution in [-0.4, -0.2) is 0 Å². The maximum Gasteiger partial charge on any atom is 0.0161 e. The van der Waals surface area contributed by atoms with Crippen LogP contribution in [0.1, 0.15) is 41.4 Å². The van der Waals surface area contributed by atoms with E-state index in [9.17, 15) is 0 Å². The lowest BCUT2D eigenvalue weighted by atomic mass is 9.70. The standard InChI is InChI=1S/C24H22/c1-4-11-19(12-5-1)22-17-10-18-23(20-13-6-2-7-14-20)24(22)21-15-8-3-9-16-21/h1-9,11-17,23-24H,10,18H2/t23-,24+/m0/s1. The molecule has 1 aliphatic rings. The highest BCUT2D eigenvalue weighted by molar-refractivity contribution is 5.73. The minimum absolute atomic E-state index is 0.421. The Morgan fingerprint density at radius 1 is 0.583 bits per heavy atom. The normalized spacial score (nSPS) is 20.4. The first kappa shape index (κ1) is 15.0. The quantitative estimate of drug-likeness (QED) is 0.523. The first-order valence-corrected chi connectivity index (χ1v) is 8.79. The highest BCUT2D eigenvalue weighted by Crippen LogP contribution is 2.48. The average molecular weight is 310 g/mol. The smallest absolute Gasteiger partial charge is 0.0161 e. The van der Waals surface area contributed by atoms with E-state index in [0.29, 0.717) is 11.8 Å². The van der Waals surface area contributed by atoms with Crippen LogP contribution in [0.3, 0.4) is 0 Å². The van der Waals surface area contributed by atoms with Crippen LogP contribution in [0.2, 0.25) is 0 Å². The molecule has 0 saturated heterocycles. The van der Waals surface area contributed by atoms with Gasteiger partial charge in [-0.3, -0.25) is 0 Å². The van der Waals surface area contributed by atoms with E-state index in [0.717, 1.165) is 6.42 Å². The van der Waals surface area contributed by atoms with Gasteiger partial charge in [-0.05, 0) is 41.0 Å². The Balaban J connectivity index is 1.83. The fourth-order valence-corrected chi connectivity index (χ4v) is 3.99. The van der Waals surface area contributed by atoms with Gasteiger partial charge in [0.1, 0.15) is 0 Å². The molecular weight excluding hydrogens is 288 g/mol. The van der Waals surface area contributed by atoms with Crippen molar-refractivity contribution in [3.05, 3.63) is 114 Å². The molecule has 3 aromatic carbocycles. The zero-order valence-electron chi connectivity index (χ0n) is 13.8. The third-order valence-electron chi connectivity index (χ3n) is 5.07. The molecule has 0 bridgehead atoms. The van der Waals surface area contributed by atoms with Crippen LogP contribution < -0.4 is 0 Å². The van der Waals surface area contributed by atoms with Crippen LogP contribution in [0.25, 0.3) is 5.57 Å². The third kappa shape index (κ3) is 2.92. The lowest BCUT2D eigenvalue weighted by Gasteiger charge is -2.34. The lowest BCUT2D eigenvalue weighted by molar-refractivity contribution is 0.565. The molecule has 0 unspecified atom stereocenters. The largest absolute Gasteiger partial charge is 0.0801 e. The molecule has 0 saturated carbocycles. The van der Waals surface area contributed by atoms with Crippen molar-refractivity contribution in [2.75, 3.05) is 0 Å². The second-order valence-electron chi connectivity index (χ2n) is 6.51. The topological polar surface area (TPSA) is 0 Å². The van der Waals surface area contributed by atoms with Crippen molar-refractivity contribution in [1.82, 2.24) is 0 Å². The van der Waals surface area contributed by atoms with Gasteiger partial charge in [0.15, 0.2) is 0 Å². The lowest BCUT2D eigenvalue weighted by Crippen LogP contribution is -2.17. The maximum atomic E-state index is 2.45. The van der Waals surface area contributed by atoms with Crippen LogP contribution in [-0.2, 0) is 0 Å². The summed E-state index contributed by atoms with van der Waals surface area (Å²) in [5, 5.41) is 0. The van der Waals surface area contributed by atoms with Gasteiger partial charge in [-0.2, -0.15) is 0 Å². The van der Waals surface area contributed by atoms with E-state index in [-0.39, 0.29) is 0 Å². The molecule has 118 valence electrons. The van der Waals surface area contributed by atoms with E-state index in [4.69, 9.17) is 0 Å². The summed E-state index contributed by atoms with van der Waals surface area (Å²) in [5.74, 6) is 0.957. The van der Waals surface area contributed by atoms with E-state index in [1.807, 2.05) is 0 Å². The Hall–Kier alpha value is -2.60. The van der Waals surface area contributed by atoms with Gasteiger partial charge in [-0.25, -0.2) is 0 Å². The van der Waals surface area contributed by atoms with E-state index in [1.165, 1.54) is 28.7 Å². The van der Waals surface area contributed by atoms with Gasteiger partial charge in [0.05, 0.1) is 0 Å². The SMILES string of the molecule is C1=C(c2ccccc2)[C@@H](c2ccccc2)[C@H](c2ccccc2)CC1. The zero-order chi connectivity index (χ0) is 16.2. The Kier molecular flexibility index (Phi) is 4.29. The molecule has 4 rings (SSSR count). The van der Waals surface area contributed by atoms with Gasteiger partial charge in [-0.15, -0.1) is 0 Å². The van der Waals surface area contributed by atoms with E-state index < -0.39 is 0 Å². The number of allylic oxidation sites excluding steroid dienone is 2. The minimum Gasteiger partial charge on any atom is -0.0801 e. The van der Waals surface area contributed by atoms with Crippen molar-refractivity contribution in [3.63, 3.8) is 0 Å². The predicted molar refractivity (Wildman–Crippen MR) is 102 cm³/mol. The molecule has 0 N–H and O–H groups in total. The van der Waals surface area contributed by atoms with Crippen LogP contribution in [0.4, 0.5) is 0 Å². The predicted octanol–water partition coefficient (Wildman–Crippen LogP) is 6.43. The molecule has 0 spiro atoms. The van der Waals surface area contributed by atoms with Crippen molar-refractivity contribution < 1.29 is 0 Å². The molecule has 3 aromatic rings. The number of rotatable bonds is 3. The molecule has 0 fully saturated rings. The van der Waals surface area contributed by atoms with Gasteiger partial charge in [0.25, 0.3) is 0 Å². The van der Waals surface area contributed by atoms with Gasteiger partial charge in [-0.1, -0.05) is 97.1 Å². The summed E-state index contributed by atoms with van der Waals surface area (Å²) in [6, 6.07) is 32.9. The molecule has 0 heteroatoms.